The van der Waals surface area contributed by atoms with E-state index in [1.54, 1.807) is 37.6 Å². The molecule has 1 aliphatic rings. The van der Waals surface area contributed by atoms with E-state index in [4.69, 9.17) is 4.74 Å². The van der Waals surface area contributed by atoms with Crippen molar-refractivity contribution in [1.29, 1.82) is 0 Å². The van der Waals surface area contributed by atoms with E-state index in [-0.39, 0.29) is 36.1 Å². The van der Waals surface area contributed by atoms with Gasteiger partial charge in [0.15, 0.2) is 0 Å². The summed E-state index contributed by atoms with van der Waals surface area (Å²) in [4.78, 5) is 29.6. The van der Waals surface area contributed by atoms with Gasteiger partial charge in [-0.15, -0.1) is 0 Å². The van der Waals surface area contributed by atoms with Crippen LogP contribution in [0.5, 0.6) is 0 Å². The molecule has 10 heteroatoms. The van der Waals surface area contributed by atoms with Gasteiger partial charge in [-0.3, -0.25) is 9.78 Å². The van der Waals surface area contributed by atoms with E-state index in [1.165, 1.54) is 4.31 Å². The fourth-order valence-corrected chi connectivity index (χ4v) is 6.39. The van der Waals surface area contributed by atoms with E-state index < -0.39 is 21.9 Å². The highest BCUT2D eigenvalue weighted by Gasteiger charge is 2.39. The lowest BCUT2D eigenvalue weighted by Crippen LogP contribution is -2.45. The smallest absolute Gasteiger partial charge is 0.341 e. The van der Waals surface area contributed by atoms with Crippen LogP contribution in [0, 0.1) is 19.8 Å². The van der Waals surface area contributed by atoms with Crippen LogP contribution >= 0.6 is 0 Å². The van der Waals surface area contributed by atoms with Gasteiger partial charge in [-0.25, -0.2) is 13.2 Å². The molecule has 1 aliphatic heterocycles. The molecule has 0 radical (unpaired) electrons. The Bertz CT molecular complexity index is 1110. The fourth-order valence-electron chi connectivity index (χ4n) is 4.42. The maximum Gasteiger partial charge on any atom is 0.341 e. The van der Waals surface area contributed by atoms with Crippen molar-refractivity contribution in [2.24, 2.45) is 5.92 Å². The first-order valence-corrected chi connectivity index (χ1v) is 12.7. The van der Waals surface area contributed by atoms with Crippen molar-refractivity contribution in [3.63, 3.8) is 0 Å². The molecule has 1 amide bonds. The monoisotopic (exact) mass is 476 g/mol. The van der Waals surface area contributed by atoms with Gasteiger partial charge in [0.2, 0.25) is 15.9 Å². The van der Waals surface area contributed by atoms with E-state index in [0.29, 0.717) is 37.3 Å². The SMILES string of the molecule is CCOC(=O)c1c(S(=O)(=O)N2CCC[C@@H](C(=O)NCc3ccccn3)C2)c(C)n(CC)c1C. The molecule has 3 rings (SSSR count). The van der Waals surface area contributed by atoms with Crippen molar-refractivity contribution in [3.05, 3.63) is 47.0 Å². The molecule has 3 heterocycles. The molecule has 180 valence electrons. The van der Waals surface area contributed by atoms with Crippen molar-refractivity contribution in [2.45, 2.75) is 58.5 Å². The predicted molar refractivity (Wildman–Crippen MR) is 123 cm³/mol. The lowest BCUT2D eigenvalue weighted by atomic mass is 9.99. The van der Waals surface area contributed by atoms with Crippen molar-refractivity contribution < 1.29 is 22.7 Å². The number of nitrogens with one attached hydrogen (secondary N) is 1. The number of nitrogens with zero attached hydrogens (tertiary/aromatic N) is 3. The van der Waals surface area contributed by atoms with Gasteiger partial charge < -0.3 is 14.6 Å². The first-order chi connectivity index (χ1) is 15.7. The Morgan fingerprint density at radius 3 is 2.61 bits per heavy atom. The number of amides is 1. The van der Waals surface area contributed by atoms with E-state index in [0.717, 1.165) is 5.69 Å². The Morgan fingerprint density at radius 2 is 1.97 bits per heavy atom. The lowest BCUT2D eigenvalue weighted by molar-refractivity contribution is -0.126. The summed E-state index contributed by atoms with van der Waals surface area (Å²) in [6.45, 7) is 8.33. The zero-order valence-electron chi connectivity index (χ0n) is 19.6. The van der Waals surface area contributed by atoms with Gasteiger partial charge in [0.25, 0.3) is 0 Å². The standard InChI is InChI=1S/C23H32N4O5S/c1-5-27-16(3)20(23(29)32-6-2)21(17(27)4)33(30,31)26-13-9-10-18(15-26)22(28)25-14-19-11-7-8-12-24-19/h7-8,11-12,18H,5-6,9-10,13-15H2,1-4H3,(H,25,28)/t18-/m1/s1. The first kappa shape index (κ1) is 24.9. The van der Waals surface area contributed by atoms with Crippen LogP contribution in [0.1, 0.15) is 54.1 Å². The number of aromatic nitrogens is 2. The second-order valence-corrected chi connectivity index (χ2v) is 9.96. The third-order valence-electron chi connectivity index (χ3n) is 6.05. The van der Waals surface area contributed by atoms with Gasteiger partial charge >= 0.3 is 5.97 Å². The molecule has 9 nitrogen and oxygen atoms in total. The fraction of sp³-hybridized carbons (Fsp3) is 0.522. The van der Waals surface area contributed by atoms with Gasteiger partial charge in [-0.2, -0.15) is 4.31 Å². The average molecular weight is 477 g/mol. The summed E-state index contributed by atoms with van der Waals surface area (Å²) in [7, 11) is -4.01. The highest BCUT2D eigenvalue weighted by Crippen LogP contribution is 2.32. The van der Waals surface area contributed by atoms with Gasteiger partial charge in [0.05, 0.1) is 24.8 Å². The molecular weight excluding hydrogens is 444 g/mol. The van der Waals surface area contributed by atoms with Crippen molar-refractivity contribution in [1.82, 2.24) is 19.2 Å². The Labute approximate surface area is 195 Å². The number of rotatable bonds is 8. The zero-order chi connectivity index (χ0) is 24.2. The Morgan fingerprint density at radius 1 is 1.21 bits per heavy atom. The third kappa shape index (κ3) is 5.11. The van der Waals surface area contributed by atoms with Crippen LogP contribution in [0.4, 0.5) is 0 Å². The average Bonchev–Trinajstić information content (AvgIpc) is 3.08. The van der Waals surface area contributed by atoms with Crippen LogP contribution in [0.3, 0.4) is 0 Å². The molecular formula is C23H32N4O5S. The molecule has 1 fully saturated rings. The number of carbonyl (C=O) groups excluding carboxylic acids is 2. The lowest BCUT2D eigenvalue weighted by Gasteiger charge is -2.31. The van der Waals surface area contributed by atoms with E-state index >= 15 is 0 Å². The van der Waals surface area contributed by atoms with Crippen LogP contribution < -0.4 is 5.32 Å². The second-order valence-electron chi connectivity index (χ2n) is 8.08. The van der Waals surface area contributed by atoms with Crippen LogP contribution in [0.2, 0.25) is 0 Å². The largest absolute Gasteiger partial charge is 0.462 e. The number of hydrogen-bond donors (Lipinski definition) is 1. The number of hydrogen-bond acceptors (Lipinski definition) is 6. The number of sulfonamides is 1. The normalized spacial score (nSPS) is 17.0. The number of piperidine rings is 1. The highest BCUT2D eigenvalue weighted by molar-refractivity contribution is 7.89. The summed E-state index contributed by atoms with van der Waals surface area (Å²) in [6, 6.07) is 5.46. The number of carbonyl (C=O) groups is 2. The third-order valence-corrected chi connectivity index (χ3v) is 8.07. The van der Waals surface area contributed by atoms with Gasteiger partial charge in [0.1, 0.15) is 10.5 Å². The summed E-state index contributed by atoms with van der Waals surface area (Å²) in [5, 5.41) is 2.86. The number of pyridine rings is 1. The minimum Gasteiger partial charge on any atom is -0.462 e. The van der Waals surface area contributed by atoms with Crippen molar-refractivity contribution >= 4 is 21.9 Å². The molecule has 0 unspecified atom stereocenters. The molecule has 0 spiro atoms. The second kappa shape index (κ2) is 10.5. The number of ether oxygens (including phenoxy) is 1. The van der Waals surface area contributed by atoms with Crippen LogP contribution in [-0.4, -0.2) is 53.8 Å². The summed E-state index contributed by atoms with van der Waals surface area (Å²) in [5.41, 5.74) is 1.88. The molecule has 1 saturated heterocycles. The molecule has 2 aromatic heterocycles. The first-order valence-electron chi connectivity index (χ1n) is 11.3. The summed E-state index contributed by atoms with van der Waals surface area (Å²) < 4.78 is 35.8. The minimum absolute atomic E-state index is 0.0187. The maximum atomic E-state index is 13.7. The quantitative estimate of drug-likeness (QED) is 0.586. The van der Waals surface area contributed by atoms with E-state index in [9.17, 15) is 18.0 Å². The van der Waals surface area contributed by atoms with Gasteiger partial charge in [-0.1, -0.05) is 6.07 Å². The van der Waals surface area contributed by atoms with Crippen molar-refractivity contribution in [3.8, 4) is 0 Å². The summed E-state index contributed by atoms with van der Waals surface area (Å²) >= 11 is 0. The molecule has 1 N–H and O–H groups in total. The molecule has 0 bridgehead atoms. The Hall–Kier alpha value is -2.72. The Balaban J connectivity index is 1.85. The molecule has 0 aliphatic carbocycles. The topological polar surface area (TPSA) is 111 Å². The van der Waals surface area contributed by atoms with E-state index in [2.05, 4.69) is 10.3 Å². The van der Waals surface area contributed by atoms with Crippen LogP contribution in [0.25, 0.3) is 0 Å². The molecule has 0 saturated carbocycles. The minimum atomic E-state index is -4.01. The molecule has 1 atom stereocenters. The van der Waals surface area contributed by atoms with Crippen LogP contribution in [-0.2, 0) is 32.6 Å². The van der Waals surface area contributed by atoms with Gasteiger partial charge in [-0.05, 0) is 52.7 Å². The maximum absolute atomic E-state index is 13.7. The molecule has 0 aromatic carbocycles. The van der Waals surface area contributed by atoms with E-state index in [1.807, 2.05) is 19.1 Å². The van der Waals surface area contributed by atoms with Crippen molar-refractivity contribution in [2.75, 3.05) is 19.7 Å². The van der Waals surface area contributed by atoms with Crippen LogP contribution in [0.15, 0.2) is 29.3 Å². The summed E-state index contributed by atoms with van der Waals surface area (Å²) in [5.74, 6) is -1.33. The Kier molecular flexibility index (Phi) is 7.91. The highest BCUT2D eigenvalue weighted by atomic mass is 32.2. The van der Waals surface area contributed by atoms with Gasteiger partial charge in [0, 0.05) is 37.2 Å². The molecule has 2 aromatic rings. The predicted octanol–water partition coefficient (Wildman–Crippen LogP) is 2.41. The molecule has 33 heavy (non-hydrogen) atoms. The zero-order valence-corrected chi connectivity index (χ0v) is 20.4. The summed E-state index contributed by atoms with van der Waals surface area (Å²) in [6.07, 6.45) is 2.81. The number of esters is 1.